The number of carbonyl (C=O) groups is 1. The number of piperazine rings is 1. The normalized spacial score (nSPS) is 20.4. The molecule has 0 bridgehead atoms. The van der Waals surface area contributed by atoms with Gasteiger partial charge in [0.25, 0.3) is 0 Å². The lowest BCUT2D eigenvalue weighted by Gasteiger charge is -2.36. The molecule has 126 valence electrons. The highest BCUT2D eigenvalue weighted by Gasteiger charge is 2.29. The number of benzene rings is 1. The predicted octanol–water partition coefficient (Wildman–Crippen LogP) is 2.69. The minimum absolute atomic E-state index is 0.164. The third-order valence-electron chi connectivity index (χ3n) is 4.97. The first-order chi connectivity index (χ1) is 11.0. The van der Waals surface area contributed by atoms with Crippen LogP contribution in [0.2, 0.25) is 5.02 Å². The van der Waals surface area contributed by atoms with Gasteiger partial charge in [-0.25, -0.2) is 0 Å². The summed E-state index contributed by atoms with van der Waals surface area (Å²) in [6, 6.07) is 6.37. The van der Waals surface area contributed by atoms with E-state index in [1.54, 1.807) is 0 Å². The molecule has 2 aliphatic rings. The first-order valence-electron chi connectivity index (χ1n) is 8.56. The van der Waals surface area contributed by atoms with Crippen molar-refractivity contribution < 1.29 is 4.79 Å². The Hall–Kier alpha value is -1.26. The van der Waals surface area contributed by atoms with E-state index >= 15 is 0 Å². The van der Waals surface area contributed by atoms with Crippen LogP contribution in [0.3, 0.4) is 0 Å². The number of hydrogen-bond donors (Lipinski definition) is 1. The molecular weight excluding hydrogens is 310 g/mol. The van der Waals surface area contributed by atoms with E-state index in [0.717, 1.165) is 31.2 Å². The lowest BCUT2D eigenvalue weighted by Crippen LogP contribution is -2.50. The number of nitrogens with zero attached hydrogens (tertiary/aromatic N) is 2. The largest absolute Gasteiger partial charge is 0.369 e. The van der Waals surface area contributed by atoms with E-state index in [2.05, 4.69) is 35.0 Å². The second kappa shape index (κ2) is 7.10. The third kappa shape index (κ3) is 4.39. The quantitative estimate of drug-likeness (QED) is 0.898. The lowest BCUT2D eigenvalue weighted by atomic mass is 10.1. The second-order valence-corrected chi connectivity index (χ2v) is 7.32. The van der Waals surface area contributed by atoms with Gasteiger partial charge in [0, 0.05) is 42.9 Å². The van der Waals surface area contributed by atoms with E-state index < -0.39 is 0 Å². The molecule has 0 unspecified atom stereocenters. The van der Waals surface area contributed by atoms with Crippen molar-refractivity contribution in [3.63, 3.8) is 0 Å². The van der Waals surface area contributed by atoms with Crippen LogP contribution in [0, 0.1) is 12.8 Å². The second-order valence-electron chi connectivity index (χ2n) is 6.89. The van der Waals surface area contributed by atoms with Crippen LogP contribution in [0.5, 0.6) is 0 Å². The maximum Gasteiger partial charge on any atom is 0.234 e. The van der Waals surface area contributed by atoms with E-state index in [1.165, 1.54) is 24.1 Å². The van der Waals surface area contributed by atoms with Crippen LogP contribution < -0.4 is 10.2 Å². The number of carbonyl (C=O) groups excluding carboxylic acids is 1. The van der Waals surface area contributed by atoms with Gasteiger partial charge in [0.1, 0.15) is 0 Å². The molecule has 1 heterocycles. The fourth-order valence-corrected chi connectivity index (χ4v) is 3.45. The fraction of sp³-hybridized carbons (Fsp3) is 0.611. The molecule has 2 fully saturated rings. The first-order valence-corrected chi connectivity index (χ1v) is 8.93. The van der Waals surface area contributed by atoms with Crippen LogP contribution in [0.25, 0.3) is 0 Å². The maximum absolute atomic E-state index is 12.1. The molecule has 1 N–H and O–H groups in total. The number of amides is 1. The summed E-state index contributed by atoms with van der Waals surface area (Å²) in [5.74, 6) is 0.874. The topological polar surface area (TPSA) is 35.6 Å². The smallest absolute Gasteiger partial charge is 0.234 e. The van der Waals surface area contributed by atoms with Gasteiger partial charge in [0.2, 0.25) is 5.91 Å². The standard InChI is InChI=1S/C18H26ClN3O/c1-13-3-6-16(19)11-17(13)22-9-7-21(8-10-22)12-18(23)20-14(2)15-4-5-15/h3,6,11,14-15H,4-5,7-10,12H2,1-2H3,(H,20,23)/t14-/m1/s1. The zero-order valence-electron chi connectivity index (χ0n) is 14.0. The van der Waals surface area contributed by atoms with Crippen LogP contribution in [0.15, 0.2) is 18.2 Å². The van der Waals surface area contributed by atoms with Gasteiger partial charge in [0.05, 0.1) is 6.54 Å². The van der Waals surface area contributed by atoms with E-state index in [-0.39, 0.29) is 5.91 Å². The number of rotatable bonds is 5. The minimum Gasteiger partial charge on any atom is -0.369 e. The summed E-state index contributed by atoms with van der Waals surface area (Å²) in [5.41, 5.74) is 2.46. The fourth-order valence-electron chi connectivity index (χ4n) is 3.29. The third-order valence-corrected chi connectivity index (χ3v) is 5.20. The molecule has 1 aliphatic carbocycles. The molecule has 1 amide bonds. The molecule has 0 radical (unpaired) electrons. The van der Waals surface area contributed by atoms with Gasteiger partial charge in [-0.3, -0.25) is 9.69 Å². The summed E-state index contributed by atoms with van der Waals surface area (Å²) in [5, 5.41) is 3.92. The summed E-state index contributed by atoms with van der Waals surface area (Å²) >= 11 is 6.12. The monoisotopic (exact) mass is 335 g/mol. The molecule has 0 spiro atoms. The Kier molecular flexibility index (Phi) is 5.12. The molecule has 0 aromatic heterocycles. The average Bonchev–Trinajstić information content (AvgIpc) is 3.35. The van der Waals surface area contributed by atoms with Crippen LogP contribution in [-0.2, 0) is 4.79 Å². The van der Waals surface area contributed by atoms with Gasteiger partial charge in [-0.15, -0.1) is 0 Å². The predicted molar refractivity (Wildman–Crippen MR) is 95.2 cm³/mol. The average molecular weight is 336 g/mol. The van der Waals surface area contributed by atoms with E-state index in [4.69, 9.17) is 11.6 Å². The van der Waals surface area contributed by atoms with Crippen LogP contribution in [0.4, 0.5) is 5.69 Å². The van der Waals surface area contributed by atoms with Gasteiger partial charge < -0.3 is 10.2 Å². The van der Waals surface area contributed by atoms with Crippen molar-refractivity contribution in [2.24, 2.45) is 5.92 Å². The number of anilines is 1. The van der Waals surface area contributed by atoms with Crippen molar-refractivity contribution in [3.8, 4) is 0 Å². The van der Waals surface area contributed by atoms with Crippen molar-refractivity contribution in [2.45, 2.75) is 32.7 Å². The molecule has 5 heteroatoms. The highest BCUT2D eigenvalue weighted by atomic mass is 35.5. The summed E-state index contributed by atoms with van der Waals surface area (Å²) in [6.45, 7) is 8.45. The van der Waals surface area contributed by atoms with Crippen molar-refractivity contribution in [3.05, 3.63) is 28.8 Å². The lowest BCUT2D eigenvalue weighted by molar-refractivity contribution is -0.123. The molecule has 23 heavy (non-hydrogen) atoms. The highest BCUT2D eigenvalue weighted by Crippen LogP contribution is 2.32. The number of hydrogen-bond acceptors (Lipinski definition) is 3. The Morgan fingerprint density at radius 3 is 2.65 bits per heavy atom. The highest BCUT2D eigenvalue weighted by molar-refractivity contribution is 6.30. The number of nitrogens with one attached hydrogen (secondary N) is 1. The molecule has 1 aromatic rings. The number of aryl methyl sites for hydroxylation is 1. The first kappa shape index (κ1) is 16.6. The SMILES string of the molecule is Cc1ccc(Cl)cc1N1CCN(CC(=O)N[C@H](C)C2CC2)CC1. The molecule has 1 saturated carbocycles. The summed E-state index contributed by atoms with van der Waals surface area (Å²) in [4.78, 5) is 16.7. The van der Waals surface area contributed by atoms with E-state index in [1.807, 2.05) is 12.1 Å². The van der Waals surface area contributed by atoms with Gasteiger partial charge in [-0.05, 0) is 50.3 Å². The molecule has 3 rings (SSSR count). The Morgan fingerprint density at radius 1 is 1.30 bits per heavy atom. The number of halogens is 1. The summed E-state index contributed by atoms with van der Waals surface area (Å²) in [7, 11) is 0. The van der Waals surface area contributed by atoms with Gasteiger partial charge >= 0.3 is 0 Å². The summed E-state index contributed by atoms with van der Waals surface area (Å²) < 4.78 is 0. The Labute approximate surface area is 143 Å². The molecule has 4 nitrogen and oxygen atoms in total. The zero-order valence-corrected chi connectivity index (χ0v) is 14.8. The van der Waals surface area contributed by atoms with Crippen molar-refractivity contribution in [1.29, 1.82) is 0 Å². The molecular formula is C18H26ClN3O. The molecule has 1 saturated heterocycles. The maximum atomic E-state index is 12.1. The molecule has 1 aromatic carbocycles. The van der Waals surface area contributed by atoms with Gasteiger partial charge in [-0.2, -0.15) is 0 Å². The van der Waals surface area contributed by atoms with Crippen LogP contribution in [0.1, 0.15) is 25.3 Å². The Morgan fingerprint density at radius 2 is 2.00 bits per heavy atom. The Balaban J connectivity index is 1.48. The molecule has 1 atom stereocenters. The summed E-state index contributed by atoms with van der Waals surface area (Å²) in [6.07, 6.45) is 2.53. The van der Waals surface area contributed by atoms with Crippen molar-refractivity contribution >= 4 is 23.2 Å². The van der Waals surface area contributed by atoms with Gasteiger partial charge in [0.15, 0.2) is 0 Å². The van der Waals surface area contributed by atoms with Crippen LogP contribution in [-0.4, -0.2) is 49.6 Å². The van der Waals surface area contributed by atoms with Gasteiger partial charge in [-0.1, -0.05) is 17.7 Å². The van der Waals surface area contributed by atoms with Crippen LogP contribution >= 0.6 is 11.6 Å². The Bertz CT molecular complexity index is 565. The zero-order chi connectivity index (χ0) is 16.4. The van der Waals surface area contributed by atoms with E-state index in [9.17, 15) is 4.79 Å². The van der Waals surface area contributed by atoms with Crippen molar-refractivity contribution in [2.75, 3.05) is 37.6 Å². The van der Waals surface area contributed by atoms with Crippen molar-refractivity contribution in [1.82, 2.24) is 10.2 Å². The molecule has 1 aliphatic heterocycles. The minimum atomic E-state index is 0.164. The van der Waals surface area contributed by atoms with E-state index in [0.29, 0.717) is 18.5 Å².